The Bertz CT molecular complexity index is 668. The Balaban J connectivity index is 1.64. The molecule has 0 aromatic heterocycles. The molecule has 4 bridgehead atoms. The van der Waals surface area contributed by atoms with Crippen LogP contribution in [0.5, 0.6) is 0 Å². The smallest absolute Gasteiger partial charge is 0.230 e. The highest BCUT2D eigenvalue weighted by Crippen LogP contribution is 2.69. The monoisotopic (exact) mass is 351 g/mol. The van der Waals surface area contributed by atoms with E-state index < -0.39 is 0 Å². The Kier molecular flexibility index (Phi) is 3.36. The van der Waals surface area contributed by atoms with Crippen molar-refractivity contribution in [1.82, 2.24) is 0 Å². The number of carbonyl (C=O) groups excluding carboxylic acids is 1. The van der Waals surface area contributed by atoms with E-state index in [9.17, 15) is 4.79 Å². The van der Waals surface area contributed by atoms with E-state index in [4.69, 9.17) is 23.2 Å². The summed E-state index contributed by atoms with van der Waals surface area (Å²) in [5.74, 6) is 0.838. The molecule has 1 amide bonds. The van der Waals surface area contributed by atoms with Crippen LogP contribution in [0.25, 0.3) is 0 Å². The molecule has 4 aliphatic rings. The Hall–Kier alpha value is -0.730. The van der Waals surface area contributed by atoms with E-state index in [1.54, 1.807) is 18.2 Å². The maximum atomic E-state index is 13.2. The SMILES string of the molecule is C[C@]12CC3CC(C(=O)Nc4cc(Cl)ccc4Cl)(C1)C[C@](C)(C3)C2. The van der Waals surface area contributed by atoms with Crippen molar-refractivity contribution in [3.63, 3.8) is 0 Å². The fourth-order valence-electron chi connectivity index (χ4n) is 6.55. The molecule has 4 heteroatoms. The molecule has 5 rings (SSSR count). The fraction of sp³-hybridized carbons (Fsp3) is 0.632. The molecule has 124 valence electrons. The first-order valence-corrected chi connectivity index (χ1v) is 9.23. The lowest BCUT2D eigenvalue weighted by Crippen LogP contribution is -2.58. The zero-order valence-corrected chi connectivity index (χ0v) is 15.2. The molecule has 0 heterocycles. The molecule has 0 unspecified atom stereocenters. The molecule has 1 aromatic carbocycles. The summed E-state index contributed by atoms with van der Waals surface area (Å²) in [6, 6.07) is 5.22. The second kappa shape index (κ2) is 4.89. The predicted octanol–water partition coefficient (Wildman–Crippen LogP) is 5.93. The first kappa shape index (κ1) is 15.8. The summed E-state index contributed by atoms with van der Waals surface area (Å²) < 4.78 is 0. The van der Waals surface area contributed by atoms with Crippen molar-refractivity contribution in [3.05, 3.63) is 28.2 Å². The van der Waals surface area contributed by atoms with E-state index in [1.165, 1.54) is 19.3 Å². The highest BCUT2D eigenvalue weighted by molar-refractivity contribution is 6.35. The van der Waals surface area contributed by atoms with Gasteiger partial charge < -0.3 is 5.32 Å². The van der Waals surface area contributed by atoms with Crippen LogP contribution in [0.2, 0.25) is 10.0 Å². The lowest BCUT2D eigenvalue weighted by molar-refractivity contribution is -0.165. The van der Waals surface area contributed by atoms with Crippen LogP contribution in [0.4, 0.5) is 5.69 Å². The van der Waals surface area contributed by atoms with Crippen molar-refractivity contribution in [3.8, 4) is 0 Å². The normalized spacial score (nSPS) is 41.1. The summed E-state index contributed by atoms with van der Waals surface area (Å²) in [4.78, 5) is 13.2. The van der Waals surface area contributed by atoms with Crippen molar-refractivity contribution >= 4 is 34.8 Å². The predicted molar refractivity (Wildman–Crippen MR) is 94.9 cm³/mol. The number of hydrogen-bond donors (Lipinski definition) is 1. The molecule has 1 aromatic rings. The molecule has 1 N–H and O–H groups in total. The molecule has 0 saturated heterocycles. The van der Waals surface area contributed by atoms with Crippen LogP contribution in [0.3, 0.4) is 0 Å². The Morgan fingerprint density at radius 1 is 1.09 bits per heavy atom. The summed E-state index contributed by atoms with van der Waals surface area (Å²) in [5, 5.41) is 4.23. The zero-order chi connectivity index (χ0) is 16.5. The molecular formula is C19H23Cl2NO. The van der Waals surface area contributed by atoms with Crippen LogP contribution >= 0.6 is 23.2 Å². The van der Waals surface area contributed by atoms with Crippen LogP contribution in [-0.4, -0.2) is 5.91 Å². The first-order valence-electron chi connectivity index (χ1n) is 8.48. The van der Waals surface area contributed by atoms with E-state index >= 15 is 0 Å². The summed E-state index contributed by atoms with van der Waals surface area (Å²) in [6.45, 7) is 4.76. The molecule has 4 saturated carbocycles. The average Bonchev–Trinajstić information content (AvgIpc) is 2.38. The van der Waals surface area contributed by atoms with Crippen LogP contribution in [0.15, 0.2) is 18.2 Å². The molecule has 2 atom stereocenters. The van der Waals surface area contributed by atoms with Crippen molar-refractivity contribution in [2.45, 2.75) is 52.4 Å². The first-order chi connectivity index (χ1) is 10.7. The van der Waals surface area contributed by atoms with Gasteiger partial charge in [0, 0.05) is 5.02 Å². The number of halogens is 2. The molecule has 4 aliphatic carbocycles. The standard InChI is InChI=1S/C19H23Cl2NO/c1-17-6-12-7-18(2,9-17)11-19(8-12,10-17)16(23)22-15-5-13(20)3-4-14(15)21/h3-5,12H,6-11H2,1-2H3,(H,22,23)/t12?,17-,18-,19?/m1/s1. The lowest BCUT2D eigenvalue weighted by atomic mass is 9.40. The summed E-state index contributed by atoms with van der Waals surface area (Å²) in [5.41, 5.74) is 1.05. The molecule has 23 heavy (non-hydrogen) atoms. The summed E-state index contributed by atoms with van der Waals surface area (Å²) in [7, 11) is 0. The van der Waals surface area contributed by atoms with E-state index in [0.29, 0.717) is 32.5 Å². The minimum atomic E-state index is -0.228. The highest BCUT2D eigenvalue weighted by Gasteiger charge is 2.62. The molecule has 0 spiro atoms. The number of hydrogen-bond acceptors (Lipinski definition) is 1. The molecule has 2 nitrogen and oxygen atoms in total. The van der Waals surface area contributed by atoms with E-state index in [2.05, 4.69) is 19.2 Å². The van der Waals surface area contributed by atoms with Gasteiger partial charge in [-0.15, -0.1) is 0 Å². The molecule has 4 fully saturated rings. The van der Waals surface area contributed by atoms with Gasteiger partial charge in [-0.1, -0.05) is 37.0 Å². The van der Waals surface area contributed by atoms with Crippen LogP contribution < -0.4 is 5.32 Å². The Morgan fingerprint density at radius 3 is 2.35 bits per heavy atom. The van der Waals surface area contributed by atoms with Crippen molar-refractivity contribution in [2.24, 2.45) is 22.2 Å². The summed E-state index contributed by atoms with van der Waals surface area (Å²) >= 11 is 12.3. The fourth-order valence-corrected chi connectivity index (χ4v) is 6.89. The molecule has 0 radical (unpaired) electrons. The van der Waals surface area contributed by atoms with Crippen LogP contribution in [0, 0.1) is 22.2 Å². The van der Waals surface area contributed by atoms with Gasteiger partial charge in [0.15, 0.2) is 0 Å². The quantitative estimate of drug-likeness (QED) is 0.702. The minimum absolute atomic E-state index is 0.142. The third-order valence-electron chi connectivity index (χ3n) is 6.28. The molecular weight excluding hydrogens is 329 g/mol. The average molecular weight is 352 g/mol. The largest absolute Gasteiger partial charge is 0.324 e. The van der Waals surface area contributed by atoms with Gasteiger partial charge in [0.05, 0.1) is 16.1 Å². The van der Waals surface area contributed by atoms with Crippen molar-refractivity contribution < 1.29 is 4.79 Å². The van der Waals surface area contributed by atoms with E-state index in [0.717, 1.165) is 19.3 Å². The van der Waals surface area contributed by atoms with Gasteiger partial charge >= 0.3 is 0 Å². The van der Waals surface area contributed by atoms with Gasteiger partial charge in [-0.2, -0.15) is 0 Å². The number of carbonyl (C=O) groups is 1. The number of anilines is 1. The van der Waals surface area contributed by atoms with Gasteiger partial charge in [0.2, 0.25) is 5.91 Å². The maximum Gasteiger partial charge on any atom is 0.230 e. The van der Waals surface area contributed by atoms with Crippen molar-refractivity contribution in [1.29, 1.82) is 0 Å². The minimum Gasteiger partial charge on any atom is -0.324 e. The third kappa shape index (κ3) is 2.59. The lowest BCUT2D eigenvalue weighted by Gasteiger charge is -2.64. The number of nitrogens with one attached hydrogen (secondary N) is 1. The highest BCUT2D eigenvalue weighted by atomic mass is 35.5. The Morgan fingerprint density at radius 2 is 1.74 bits per heavy atom. The van der Waals surface area contributed by atoms with Crippen LogP contribution in [0.1, 0.15) is 52.4 Å². The van der Waals surface area contributed by atoms with Crippen LogP contribution in [-0.2, 0) is 4.79 Å². The van der Waals surface area contributed by atoms with Gasteiger partial charge in [-0.25, -0.2) is 0 Å². The third-order valence-corrected chi connectivity index (χ3v) is 6.85. The number of amides is 1. The summed E-state index contributed by atoms with van der Waals surface area (Å²) in [6.07, 6.45) is 6.89. The van der Waals surface area contributed by atoms with E-state index in [-0.39, 0.29) is 11.3 Å². The maximum absolute atomic E-state index is 13.2. The second-order valence-electron chi connectivity index (χ2n) is 8.99. The number of rotatable bonds is 2. The van der Waals surface area contributed by atoms with Crippen molar-refractivity contribution in [2.75, 3.05) is 5.32 Å². The van der Waals surface area contributed by atoms with Gasteiger partial charge in [-0.05, 0) is 73.5 Å². The molecule has 0 aliphatic heterocycles. The Labute approximate surface area is 147 Å². The number of benzene rings is 1. The zero-order valence-electron chi connectivity index (χ0n) is 13.7. The van der Waals surface area contributed by atoms with Gasteiger partial charge in [0.25, 0.3) is 0 Å². The second-order valence-corrected chi connectivity index (χ2v) is 9.83. The van der Waals surface area contributed by atoms with Gasteiger partial charge in [-0.3, -0.25) is 4.79 Å². The van der Waals surface area contributed by atoms with E-state index in [1.807, 2.05) is 0 Å². The topological polar surface area (TPSA) is 29.1 Å². The van der Waals surface area contributed by atoms with Gasteiger partial charge in [0.1, 0.15) is 0 Å².